The molecule has 9 heteroatoms. The Hall–Kier alpha value is -4.58. The molecule has 0 spiro atoms. The lowest BCUT2D eigenvalue weighted by Gasteiger charge is -2.15. The Morgan fingerprint density at radius 3 is 2.74 bits per heavy atom. The number of hydrogen-bond donors (Lipinski definition) is 2. The van der Waals surface area contributed by atoms with Gasteiger partial charge in [-0.15, -0.1) is 0 Å². The molecular weight excluding hydrogens is 449 g/mol. The number of aromatic nitrogens is 3. The number of aromatic amines is 1. The van der Waals surface area contributed by atoms with Crippen molar-refractivity contribution in [2.24, 2.45) is 0 Å². The zero-order chi connectivity index (χ0) is 24.5. The lowest BCUT2D eigenvalue weighted by atomic mass is 10.1. The summed E-state index contributed by atoms with van der Waals surface area (Å²) in [5, 5.41) is 6.96. The van der Waals surface area contributed by atoms with Gasteiger partial charge in [-0.05, 0) is 49.1 Å². The van der Waals surface area contributed by atoms with Crippen molar-refractivity contribution in [2.45, 2.75) is 19.4 Å². The molecule has 8 nitrogen and oxygen atoms in total. The number of anilines is 1. The average molecular weight is 471 g/mol. The van der Waals surface area contributed by atoms with E-state index in [1.807, 2.05) is 22.9 Å². The molecule has 0 bridgehead atoms. The largest absolute Gasteiger partial charge is 0.454 e. The second-order valence-corrected chi connectivity index (χ2v) is 8.24. The number of para-hydroxylation sites is 1. The van der Waals surface area contributed by atoms with Crippen molar-refractivity contribution in [3.8, 4) is 34.5 Å². The van der Waals surface area contributed by atoms with Gasteiger partial charge in [-0.1, -0.05) is 30.2 Å². The summed E-state index contributed by atoms with van der Waals surface area (Å²) in [6, 6.07) is 13.1. The molecule has 0 aliphatic carbocycles. The molecule has 4 aromatic rings. The number of benzene rings is 2. The fraction of sp³-hybridized carbons (Fsp3) is 0.192. The van der Waals surface area contributed by atoms with Gasteiger partial charge >= 0.3 is 0 Å². The fourth-order valence-corrected chi connectivity index (χ4v) is 4.44. The van der Waals surface area contributed by atoms with E-state index in [0.717, 1.165) is 11.1 Å². The van der Waals surface area contributed by atoms with Gasteiger partial charge in [-0.3, -0.25) is 9.59 Å². The Balaban J connectivity index is 1.52. The predicted octanol–water partition coefficient (Wildman–Crippen LogP) is 3.70. The number of rotatable bonds is 4. The van der Waals surface area contributed by atoms with Crippen LogP contribution in [0.2, 0.25) is 0 Å². The third-order valence-electron chi connectivity index (χ3n) is 6.09. The van der Waals surface area contributed by atoms with E-state index in [1.165, 1.54) is 6.07 Å². The van der Waals surface area contributed by atoms with Gasteiger partial charge in [0.25, 0.3) is 11.5 Å². The molecule has 2 aromatic heterocycles. The lowest BCUT2D eigenvalue weighted by Crippen LogP contribution is -2.28. The highest BCUT2D eigenvalue weighted by Crippen LogP contribution is 2.36. The summed E-state index contributed by atoms with van der Waals surface area (Å²) in [5.41, 5.74) is 7.75. The van der Waals surface area contributed by atoms with Gasteiger partial charge < -0.3 is 19.9 Å². The molecule has 176 valence electrons. The first-order valence-corrected chi connectivity index (χ1v) is 11.1. The summed E-state index contributed by atoms with van der Waals surface area (Å²) in [4.78, 5) is 26.7. The molecule has 3 heterocycles. The standard InChI is InChI=1S/C26H22FN5O3/c1-2-5-22(33)31-13-12-17(14-31)32-15-19(23-24(32)26(34)30-29-25(23)28)16-8-10-18(11-9-16)35-21-7-4-3-6-20(21)27/h3-4,6-11,15,17H,12-14H2,1H3,(H2,28,29)(H,30,34)/t17-/m1/s1. The van der Waals surface area contributed by atoms with E-state index in [2.05, 4.69) is 22.0 Å². The van der Waals surface area contributed by atoms with E-state index in [-0.39, 0.29) is 29.1 Å². The number of nitrogen functional groups attached to an aromatic ring is 1. The summed E-state index contributed by atoms with van der Waals surface area (Å²) in [6.07, 6.45) is 2.55. The minimum atomic E-state index is -0.452. The van der Waals surface area contributed by atoms with Crippen molar-refractivity contribution in [1.29, 1.82) is 0 Å². The monoisotopic (exact) mass is 471 g/mol. The van der Waals surface area contributed by atoms with Crippen LogP contribution in [0.5, 0.6) is 11.5 Å². The molecule has 0 saturated carbocycles. The molecule has 35 heavy (non-hydrogen) atoms. The van der Waals surface area contributed by atoms with E-state index < -0.39 is 5.82 Å². The van der Waals surface area contributed by atoms with Gasteiger partial charge in [0.15, 0.2) is 17.4 Å². The normalized spacial score (nSPS) is 15.1. The van der Waals surface area contributed by atoms with Crippen molar-refractivity contribution in [2.75, 3.05) is 18.8 Å². The van der Waals surface area contributed by atoms with Gasteiger partial charge in [0.05, 0.1) is 11.4 Å². The number of likely N-dealkylation sites (tertiary alicyclic amines) is 1. The smallest absolute Gasteiger partial charge is 0.298 e. The van der Waals surface area contributed by atoms with Crippen molar-refractivity contribution >= 4 is 22.6 Å². The minimum absolute atomic E-state index is 0.111. The van der Waals surface area contributed by atoms with Crippen LogP contribution in [-0.4, -0.2) is 38.7 Å². The molecule has 1 aliphatic heterocycles. The van der Waals surface area contributed by atoms with Gasteiger partial charge in [-0.2, -0.15) is 5.10 Å². The molecule has 1 amide bonds. The number of nitrogens with two attached hydrogens (primary N) is 1. The van der Waals surface area contributed by atoms with Crippen LogP contribution in [0.3, 0.4) is 0 Å². The van der Waals surface area contributed by atoms with Crippen molar-refractivity contribution in [3.63, 3.8) is 0 Å². The highest BCUT2D eigenvalue weighted by molar-refractivity contribution is 6.02. The van der Waals surface area contributed by atoms with E-state index in [4.69, 9.17) is 10.5 Å². The van der Waals surface area contributed by atoms with Crippen LogP contribution in [0.4, 0.5) is 10.2 Å². The zero-order valence-electron chi connectivity index (χ0n) is 18.9. The molecule has 0 radical (unpaired) electrons. The van der Waals surface area contributed by atoms with E-state index in [9.17, 15) is 14.0 Å². The first-order valence-electron chi connectivity index (χ1n) is 11.1. The quantitative estimate of drug-likeness (QED) is 0.442. The van der Waals surface area contributed by atoms with E-state index in [0.29, 0.717) is 36.2 Å². The number of halogens is 1. The first-order chi connectivity index (χ1) is 17.0. The van der Waals surface area contributed by atoms with Crippen LogP contribution >= 0.6 is 0 Å². The minimum Gasteiger partial charge on any atom is -0.454 e. The Kier molecular flexibility index (Phi) is 5.71. The number of nitrogens with one attached hydrogen (secondary N) is 1. The third-order valence-corrected chi connectivity index (χ3v) is 6.09. The van der Waals surface area contributed by atoms with Crippen LogP contribution in [0.15, 0.2) is 59.5 Å². The number of carbonyl (C=O) groups excluding carboxylic acids is 1. The molecule has 1 saturated heterocycles. The molecule has 0 unspecified atom stereocenters. The number of H-pyrrole nitrogens is 1. The summed E-state index contributed by atoms with van der Waals surface area (Å²) in [6.45, 7) is 2.61. The molecule has 5 rings (SSSR count). The SMILES string of the molecule is CC#CC(=O)N1CC[C@@H](n2cc(-c3ccc(Oc4ccccc4F)cc3)c3c(N)n[nH]c(=O)c32)C1. The predicted molar refractivity (Wildman–Crippen MR) is 130 cm³/mol. The molecule has 1 fully saturated rings. The summed E-state index contributed by atoms with van der Waals surface area (Å²) >= 11 is 0. The number of fused-ring (bicyclic) bond motifs is 1. The topological polar surface area (TPSA) is 106 Å². The maximum atomic E-state index is 13.9. The van der Waals surface area contributed by atoms with Crippen molar-refractivity contribution in [3.05, 3.63) is 70.9 Å². The van der Waals surface area contributed by atoms with Gasteiger partial charge in [-0.25, -0.2) is 9.49 Å². The molecule has 1 aliphatic rings. The van der Waals surface area contributed by atoms with E-state index >= 15 is 0 Å². The number of amides is 1. The van der Waals surface area contributed by atoms with Crippen LogP contribution in [0, 0.1) is 17.7 Å². The third kappa shape index (κ3) is 4.10. The van der Waals surface area contributed by atoms with E-state index in [1.54, 1.807) is 42.2 Å². The second-order valence-electron chi connectivity index (χ2n) is 8.24. The van der Waals surface area contributed by atoms with Crippen LogP contribution in [-0.2, 0) is 4.79 Å². The van der Waals surface area contributed by atoms with Gasteiger partial charge in [0.1, 0.15) is 11.3 Å². The number of carbonyl (C=O) groups is 1. The summed E-state index contributed by atoms with van der Waals surface area (Å²) in [5.74, 6) is 5.31. The van der Waals surface area contributed by atoms with Crippen LogP contribution < -0.4 is 16.0 Å². The highest BCUT2D eigenvalue weighted by atomic mass is 19.1. The molecule has 2 aromatic carbocycles. The summed E-state index contributed by atoms with van der Waals surface area (Å²) < 4.78 is 21.5. The fourth-order valence-electron chi connectivity index (χ4n) is 4.44. The summed E-state index contributed by atoms with van der Waals surface area (Å²) in [7, 11) is 0. The first kappa shape index (κ1) is 22.2. The Bertz CT molecular complexity index is 1550. The Morgan fingerprint density at radius 1 is 1.23 bits per heavy atom. The van der Waals surface area contributed by atoms with Crippen LogP contribution in [0.1, 0.15) is 19.4 Å². The maximum Gasteiger partial charge on any atom is 0.298 e. The Morgan fingerprint density at radius 2 is 2.00 bits per heavy atom. The van der Waals surface area contributed by atoms with Crippen molar-refractivity contribution in [1.82, 2.24) is 19.7 Å². The van der Waals surface area contributed by atoms with Crippen molar-refractivity contribution < 1.29 is 13.9 Å². The molecule has 3 N–H and O–H groups in total. The Labute approximate surface area is 200 Å². The van der Waals surface area contributed by atoms with Gasteiger partial charge in [0, 0.05) is 24.8 Å². The number of ether oxygens (including phenoxy) is 1. The number of nitrogens with zero attached hydrogens (tertiary/aromatic N) is 3. The van der Waals surface area contributed by atoms with Gasteiger partial charge in [0.2, 0.25) is 0 Å². The average Bonchev–Trinajstić information content (AvgIpc) is 3.50. The molecular formula is C26H22FN5O3. The zero-order valence-corrected chi connectivity index (χ0v) is 18.9. The highest BCUT2D eigenvalue weighted by Gasteiger charge is 2.29. The molecule has 1 atom stereocenters. The number of hydrogen-bond acceptors (Lipinski definition) is 5. The van der Waals surface area contributed by atoms with Crippen LogP contribution in [0.25, 0.3) is 22.0 Å². The maximum absolute atomic E-state index is 13.9. The lowest BCUT2D eigenvalue weighted by molar-refractivity contribution is -0.124. The second kappa shape index (κ2) is 8.99.